The molecule has 21 heavy (non-hydrogen) atoms. The molecule has 0 saturated heterocycles. The van der Waals surface area contributed by atoms with Gasteiger partial charge in [-0.05, 0) is 36.6 Å². The first kappa shape index (κ1) is 15.5. The van der Waals surface area contributed by atoms with E-state index in [1.54, 1.807) is 11.3 Å². The van der Waals surface area contributed by atoms with Crippen LogP contribution in [0.5, 0.6) is 0 Å². The van der Waals surface area contributed by atoms with Crippen molar-refractivity contribution in [2.24, 2.45) is 0 Å². The smallest absolute Gasteiger partial charge is 0.251 e. The van der Waals surface area contributed by atoms with Gasteiger partial charge in [-0.25, -0.2) is 8.42 Å². The summed E-state index contributed by atoms with van der Waals surface area (Å²) in [5, 5.41) is 4.76. The fourth-order valence-corrected chi connectivity index (χ4v) is 3.28. The predicted octanol–water partition coefficient (Wildman–Crippen LogP) is 2.22. The van der Waals surface area contributed by atoms with Gasteiger partial charge in [0.2, 0.25) is 0 Å². The van der Waals surface area contributed by atoms with Crippen molar-refractivity contribution in [3.63, 3.8) is 0 Å². The van der Waals surface area contributed by atoms with E-state index in [1.165, 1.54) is 18.2 Å². The molecule has 1 heterocycles. The third-order valence-corrected chi connectivity index (χ3v) is 5.08. The lowest BCUT2D eigenvalue weighted by Gasteiger charge is -2.13. The van der Waals surface area contributed by atoms with Gasteiger partial charge in [0.25, 0.3) is 5.91 Å². The van der Waals surface area contributed by atoms with E-state index in [2.05, 4.69) is 5.32 Å². The molecule has 0 aliphatic heterocycles. The van der Waals surface area contributed by atoms with Crippen molar-refractivity contribution in [3.8, 4) is 0 Å². The van der Waals surface area contributed by atoms with E-state index in [1.807, 2.05) is 24.4 Å². The van der Waals surface area contributed by atoms with Crippen molar-refractivity contribution < 1.29 is 13.2 Å². The number of amides is 1. The van der Waals surface area contributed by atoms with Crippen LogP contribution in [-0.2, 0) is 9.84 Å². The molecule has 2 rings (SSSR count). The average molecular weight is 324 g/mol. The first-order valence-corrected chi connectivity index (χ1v) is 8.99. The Morgan fingerprint density at radius 1 is 1.33 bits per heavy atom. The van der Waals surface area contributed by atoms with Crippen LogP contribution in [0, 0.1) is 0 Å². The summed E-state index contributed by atoms with van der Waals surface area (Å²) in [7, 11) is -3.41. The first-order valence-electron chi connectivity index (χ1n) is 6.22. The van der Waals surface area contributed by atoms with E-state index in [0.717, 1.165) is 11.1 Å². The molecule has 5 nitrogen and oxygen atoms in total. The minimum Gasteiger partial charge on any atom is -0.399 e. The van der Waals surface area contributed by atoms with Gasteiger partial charge in [-0.2, -0.15) is 0 Å². The second kappa shape index (κ2) is 5.87. The number of benzene rings is 1. The second-order valence-electron chi connectivity index (χ2n) is 4.77. The third-order valence-electron chi connectivity index (χ3n) is 2.94. The fourth-order valence-electron chi connectivity index (χ4n) is 1.86. The standard InChI is InChI=1S/C14H16N2O3S2/c1-9(13-4-3-5-20-13)16-14(17)10-6-11(15)8-12(7-10)21(2,18)19/h3-9H,15H2,1-2H3,(H,16,17). The SMILES string of the molecule is CC(NC(=O)c1cc(N)cc(S(C)(=O)=O)c1)c1cccs1. The number of hydrogen-bond donors (Lipinski definition) is 2. The lowest BCUT2D eigenvalue weighted by molar-refractivity contribution is 0.0940. The number of nitrogens with two attached hydrogens (primary N) is 1. The van der Waals surface area contributed by atoms with Crippen LogP contribution in [0.15, 0.2) is 40.6 Å². The maximum absolute atomic E-state index is 12.2. The van der Waals surface area contributed by atoms with Crippen LogP contribution in [0.4, 0.5) is 5.69 Å². The zero-order chi connectivity index (χ0) is 15.6. The van der Waals surface area contributed by atoms with Gasteiger partial charge in [0.15, 0.2) is 9.84 Å². The number of carbonyl (C=O) groups is 1. The molecule has 1 unspecified atom stereocenters. The third kappa shape index (κ3) is 3.83. The zero-order valence-electron chi connectivity index (χ0n) is 11.7. The molecule has 0 bridgehead atoms. The Hall–Kier alpha value is -1.86. The van der Waals surface area contributed by atoms with E-state index in [-0.39, 0.29) is 28.1 Å². The second-order valence-corrected chi connectivity index (χ2v) is 7.77. The van der Waals surface area contributed by atoms with Crippen LogP contribution in [0.3, 0.4) is 0 Å². The number of rotatable bonds is 4. The summed E-state index contributed by atoms with van der Waals surface area (Å²) in [6.07, 6.45) is 1.08. The van der Waals surface area contributed by atoms with E-state index < -0.39 is 9.84 Å². The maximum Gasteiger partial charge on any atom is 0.251 e. The summed E-state index contributed by atoms with van der Waals surface area (Å²) < 4.78 is 23.2. The predicted molar refractivity (Wildman–Crippen MR) is 84.2 cm³/mol. The molecule has 0 radical (unpaired) electrons. The lowest BCUT2D eigenvalue weighted by atomic mass is 10.1. The molecule has 3 N–H and O–H groups in total. The fraction of sp³-hybridized carbons (Fsp3) is 0.214. The lowest BCUT2D eigenvalue weighted by Crippen LogP contribution is -2.26. The molecule has 0 saturated carbocycles. The summed E-state index contributed by atoms with van der Waals surface area (Å²) in [6, 6.07) is 7.82. The number of nitrogens with one attached hydrogen (secondary N) is 1. The number of thiophene rings is 1. The molecule has 1 aromatic heterocycles. The van der Waals surface area contributed by atoms with Gasteiger partial charge in [-0.3, -0.25) is 4.79 Å². The molecule has 1 amide bonds. The molecule has 0 aliphatic carbocycles. The van der Waals surface area contributed by atoms with E-state index >= 15 is 0 Å². The van der Waals surface area contributed by atoms with Gasteiger partial charge >= 0.3 is 0 Å². The quantitative estimate of drug-likeness (QED) is 0.844. The Labute approximate surface area is 127 Å². The van der Waals surface area contributed by atoms with Gasteiger partial charge in [-0.15, -0.1) is 11.3 Å². The topological polar surface area (TPSA) is 89.3 Å². The van der Waals surface area contributed by atoms with Crippen LogP contribution < -0.4 is 11.1 Å². The first-order chi connectivity index (χ1) is 9.77. The van der Waals surface area contributed by atoms with Gasteiger partial charge in [-0.1, -0.05) is 6.07 Å². The highest BCUT2D eigenvalue weighted by molar-refractivity contribution is 7.90. The average Bonchev–Trinajstić information content (AvgIpc) is 2.90. The van der Waals surface area contributed by atoms with Crippen LogP contribution in [0.2, 0.25) is 0 Å². The van der Waals surface area contributed by atoms with Crippen molar-refractivity contribution >= 4 is 32.8 Å². The van der Waals surface area contributed by atoms with Crippen LogP contribution in [0.1, 0.15) is 28.2 Å². The molecule has 0 spiro atoms. The zero-order valence-corrected chi connectivity index (χ0v) is 13.3. The minimum atomic E-state index is -3.41. The summed E-state index contributed by atoms with van der Waals surface area (Å²) in [6.45, 7) is 1.87. The Bertz CT molecular complexity index is 753. The number of sulfone groups is 1. The van der Waals surface area contributed by atoms with Crippen molar-refractivity contribution in [1.29, 1.82) is 0 Å². The van der Waals surface area contributed by atoms with Crippen LogP contribution in [-0.4, -0.2) is 20.6 Å². The Morgan fingerprint density at radius 3 is 2.62 bits per heavy atom. The van der Waals surface area contributed by atoms with Gasteiger partial charge < -0.3 is 11.1 Å². The van der Waals surface area contributed by atoms with Crippen molar-refractivity contribution in [3.05, 3.63) is 46.2 Å². The van der Waals surface area contributed by atoms with Crippen LogP contribution >= 0.6 is 11.3 Å². The van der Waals surface area contributed by atoms with Gasteiger partial charge in [0.1, 0.15) is 0 Å². The molecule has 0 fully saturated rings. The highest BCUT2D eigenvalue weighted by Gasteiger charge is 2.16. The number of anilines is 1. The summed E-state index contributed by atoms with van der Waals surface area (Å²) >= 11 is 1.54. The minimum absolute atomic E-state index is 0.0384. The molecule has 2 aromatic rings. The number of carbonyl (C=O) groups excluding carboxylic acids is 1. The van der Waals surface area contributed by atoms with Crippen molar-refractivity contribution in [1.82, 2.24) is 5.32 Å². The van der Waals surface area contributed by atoms with Crippen molar-refractivity contribution in [2.45, 2.75) is 17.9 Å². The van der Waals surface area contributed by atoms with E-state index in [0.29, 0.717) is 0 Å². The molecule has 1 atom stereocenters. The van der Waals surface area contributed by atoms with Gasteiger partial charge in [0, 0.05) is 22.4 Å². The van der Waals surface area contributed by atoms with E-state index in [4.69, 9.17) is 5.73 Å². The Kier molecular flexibility index (Phi) is 4.34. The van der Waals surface area contributed by atoms with Crippen molar-refractivity contribution in [2.75, 3.05) is 12.0 Å². The molecule has 7 heteroatoms. The highest BCUT2D eigenvalue weighted by Crippen LogP contribution is 2.20. The van der Waals surface area contributed by atoms with Crippen LogP contribution in [0.25, 0.3) is 0 Å². The maximum atomic E-state index is 12.2. The van der Waals surface area contributed by atoms with Gasteiger partial charge in [0.05, 0.1) is 10.9 Å². The molecule has 112 valence electrons. The summed E-state index contributed by atoms with van der Waals surface area (Å²) in [5.74, 6) is -0.354. The number of hydrogen-bond acceptors (Lipinski definition) is 5. The molecular weight excluding hydrogens is 308 g/mol. The number of nitrogen functional groups attached to an aromatic ring is 1. The summed E-state index contributed by atoms with van der Waals surface area (Å²) in [5.41, 5.74) is 6.15. The largest absolute Gasteiger partial charge is 0.399 e. The normalized spacial score (nSPS) is 12.9. The summed E-state index contributed by atoms with van der Waals surface area (Å²) in [4.78, 5) is 13.3. The molecular formula is C14H16N2O3S2. The Morgan fingerprint density at radius 2 is 2.05 bits per heavy atom. The monoisotopic (exact) mass is 324 g/mol. The van der Waals surface area contributed by atoms with E-state index in [9.17, 15) is 13.2 Å². The Balaban J connectivity index is 2.25. The molecule has 0 aliphatic rings. The highest BCUT2D eigenvalue weighted by atomic mass is 32.2. The molecule has 1 aromatic carbocycles.